The van der Waals surface area contributed by atoms with Crippen LogP contribution in [0.25, 0.3) is 0 Å². The van der Waals surface area contributed by atoms with Crippen LogP contribution in [0, 0.1) is 0 Å². The van der Waals surface area contributed by atoms with E-state index in [2.05, 4.69) is 19.2 Å². The van der Waals surface area contributed by atoms with Gasteiger partial charge in [-0.05, 0) is 25.7 Å². The molecule has 2 aliphatic rings. The Balaban J connectivity index is 1.96. The van der Waals surface area contributed by atoms with E-state index < -0.39 is 0 Å². The van der Waals surface area contributed by atoms with Gasteiger partial charge in [0.15, 0.2) is 0 Å². The predicted molar refractivity (Wildman–Crippen MR) is 79.3 cm³/mol. The molecular weight excluding hydrogens is 252 g/mol. The van der Waals surface area contributed by atoms with Crippen LogP contribution in [0.5, 0.6) is 0 Å². The summed E-state index contributed by atoms with van der Waals surface area (Å²) in [5.41, 5.74) is 0. The highest BCUT2D eigenvalue weighted by molar-refractivity contribution is 6.05. The number of hydrogen-bond donors (Lipinski definition) is 1. The van der Waals surface area contributed by atoms with Gasteiger partial charge in [-0.2, -0.15) is 0 Å². The van der Waals surface area contributed by atoms with E-state index in [4.69, 9.17) is 0 Å². The largest absolute Gasteiger partial charge is 0.303 e. The summed E-state index contributed by atoms with van der Waals surface area (Å²) in [5.74, 6) is 0.0576. The summed E-state index contributed by atoms with van der Waals surface area (Å²) in [5, 5.41) is 3.40. The summed E-state index contributed by atoms with van der Waals surface area (Å²) in [6, 6.07) is 0.246. The fourth-order valence-corrected chi connectivity index (χ4v) is 3.54. The maximum atomic E-state index is 12.5. The molecule has 1 aliphatic carbocycles. The molecule has 0 aromatic carbocycles. The van der Waals surface area contributed by atoms with Crippen molar-refractivity contribution >= 4 is 11.8 Å². The van der Waals surface area contributed by atoms with Crippen molar-refractivity contribution in [2.24, 2.45) is 0 Å². The first-order chi connectivity index (χ1) is 9.67. The van der Waals surface area contributed by atoms with Crippen LogP contribution in [0.15, 0.2) is 0 Å². The van der Waals surface area contributed by atoms with Crippen LogP contribution >= 0.6 is 0 Å². The van der Waals surface area contributed by atoms with Crippen LogP contribution in [-0.2, 0) is 9.59 Å². The zero-order valence-electron chi connectivity index (χ0n) is 12.9. The average molecular weight is 280 g/mol. The zero-order chi connectivity index (χ0) is 14.5. The van der Waals surface area contributed by atoms with E-state index in [0.717, 1.165) is 44.9 Å². The molecule has 0 spiro atoms. The second kappa shape index (κ2) is 7.21. The number of likely N-dealkylation sites (tertiary alicyclic amines) is 1. The summed E-state index contributed by atoms with van der Waals surface area (Å²) in [7, 11) is 0. The lowest BCUT2D eigenvalue weighted by atomic mass is 9.94. The molecule has 1 heterocycles. The summed E-state index contributed by atoms with van der Waals surface area (Å²) >= 11 is 0. The summed E-state index contributed by atoms with van der Waals surface area (Å²) < 4.78 is 0. The number of carbonyl (C=O) groups is 2. The standard InChI is InChI=1S/C16H28N2O2/c1-3-8-12(4-2)17-14-11-15(19)18(16(14)20)13-9-6-5-7-10-13/h12-14,17H,3-11H2,1-2H3. The van der Waals surface area contributed by atoms with E-state index in [-0.39, 0.29) is 23.9 Å². The Labute approximate surface area is 122 Å². The van der Waals surface area contributed by atoms with Gasteiger partial charge in [0.1, 0.15) is 0 Å². The Morgan fingerprint density at radius 3 is 2.50 bits per heavy atom. The fourth-order valence-electron chi connectivity index (χ4n) is 3.54. The molecular formula is C16H28N2O2. The quantitative estimate of drug-likeness (QED) is 0.761. The zero-order valence-corrected chi connectivity index (χ0v) is 12.9. The molecule has 2 fully saturated rings. The number of rotatable bonds is 6. The number of carbonyl (C=O) groups excluding carboxylic acids is 2. The average Bonchev–Trinajstić information content (AvgIpc) is 2.74. The smallest absolute Gasteiger partial charge is 0.247 e. The third-order valence-electron chi connectivity index (χ3n) is 4.69. The van der Waals surface area contributed by atoms with Gasteiger partial charge in [-0.25, -0.2) is 0 Å². The Morgan fingerprint density at radius 1 is 1.20 bits per heavy atom. The van der Waals surface area contributed by atoms with Crippen molar-refractivity contribution in [3.8, 4) is 0 Å². The fraction of sp³-hybridized carbons (Fsp3) is 0.875. The number of nitrogens with zero attached hydrogens (tertiary/aromatic N) is 1. The SMILES string of the molecule is CCCC(CC)NC1CC(=O)N(C2CCCCC2)C1=O. The lowest BCUT2D eigenvalue weighted by molar-refractivity contribution is -0.142. The van der Waals surface area contributed by atoms with Gasteiger partial charge in [-0.3, -0.25) is 14.5 Å². The van der Waals surface area contributed by atoms with E-state index >= 15 is 0 Å². The maximum Gasteiger partial charge on any atom is 0.247 e. The lowest BCUT2D eigenvalue weighted by Crippen LogP contribution is -2.47. The molecule has 1 saturated carbocycles. The van der Waals surface area contributed by atoms with Gasteiger partial charge in [0.25, 0.3) is 0 Å². The number of nitrogens with one attached hydrogen (secondary N) is 1. The first kappa shape index (κ1) is 15.5. The van der Waals surface area contributed by atoms with Crippen molar-refractivity contribution in [2.75, 3.05) is 0 Å². The lowest BCUT2D eigenvalue weighted by Gasteiger charge is -2.30. The third-order valence-corrected chi connectivity index (χ3v) is 4.69. The van der Waals surface area contributed by atoms with Crippen molar-refractivity contribution in [1.82, 2.24) is 10.2 Å². The molecule has 0 aromatic rings. The monoisotopic (exact) mass is 280 g/mol. The van der Waals surface area contributed by atoms with E-state index in [0.29, 0.717) is 12.5 Å². The minimum absolute atomic E-state index is 0.0245. The molecule has 2 unspecified atom stereocenters. The maximum absolute atomic E-state index is 12.5. The molecule has 1 N–H and O–H groups in total. The summed E-state index contributed by atoms with van der Waals surface area (Å²) in [6.07, 6.45) is 9.06. The normalized spacial score (nSPS) is 26.3. The van der Waals surface area contributed by atoms with Crippen LogP contribution in [0.3, 0.4) is 0 Å². The number of hydrogen-bond acceptors (Lipinski definition) is 3. The Morgan fingerprint density at radius 2 is 1.90 bits per heavy atom. The second-order valence-electron chi connectivity index (χ2n) is 6.21. The minimum Gasteiger partial charge on any atom is -0.303 e. The van der Waals surface area contributed by atoms with Crippen LogP contribution in [-0.4, -0.2) is 34.8 Å². The van der Waals surface area contributed by atoms with E-state index in [1.54, 1.807) is 4.90 Å². The van der Waals surface area contributed by atoms with Crippen LogP contribution in [0.2, 0.25) is 0 Å². The highest BCUT2D eigenvalue weighted by Gasteiger charge is 2.42. The molecule has 2 rings (SSSR count). The molecule has 0 bridgehead atoms. The number of imide groups is 1. The first-order valence-electron chi connectivity index (χ1n) is 8.29. The van der Waals surface area contributed by atoms with Crippen molar-refractivity contribution < 1.29 is 9.59 Å². The van der Waals surface area contributed by atoms with Crippen molar-refractivity contribution in [3.05, 3.63) is 0 Å². The first-order valence-corrected chi connectivity index (χ1v) is 8.29. The molecule has 0 radical (unpaired) electrons. The molecule has 114 valence electrons. The Kier molecular flexibility index (Phi) is 5.58. The molecule has 4 heteroatoms. The van der Waals surface area contributed by atoms with Gasteiger partial charge in [-0.1, -0.05) is 39.5 Å². The third kappa shape index (κ3) is 3.40. The van der Waals surface area contributed by atoms with Gasteiger partial charge in [0.05, 0.1) is 12.5 Å². The molecule has 20 heavy (non-hydrogen) atoms. The Bertz CT molecular complexity index is 350. The van der Waals surface area contributed by atoms with Gasteiger partial charge >= 0.3 is 0 Å². The van der Waals surface area contributed by atoms with E-state index in [9.17, 15) is 9.59 Å². The van der Waals surface area contributed by atoms with Gasteiger partial charge in [0.2, 0.25) is 11.8 Å². The molecule has 4 nitrogen and oxygen atoms in total. The highest BCUT2D eigenvalue weighted by atomic mass is 16.2. The van der Waals surface area contributed by atoms with Crippen LogP contribution in [0.4, 0.5) is 0 Å². The van der Waals surface area contributed by atoms with Gasteiger partial charge < -0.3 is 5.32 Å². The predicted octanol–water partition coefficient (Wildman–Crippen LogP) is 2.61. The molecule has 2 atom stereocenters. The van der Waals surface area contributed by atoms with E-state index in [1.807, 2.05) is 0 Å². The van der Waals surface area contributed by atoms with Crippen molar-refractivity contribution in [2.45, 2.75) is 89.8 Å². The minimum atomic E-state index is -0.277. The van der Waals surface area contributed by atoms with Crippen LogP contribution in [0.1, 0.15) is 71.6 Å². The number of amides is 2. The second-order valence-corrected chi connectivity index (χ2v) is 6.21. The molecule has 2 amide bonds. The molecule has 1 aliphatic heterocycles. The van der Waals surface area contributed by atoms with Gasteiger partial charge in [0, 0.05) is 12.1 Å². The molecule has 0 aromatic heterocycles. The van der Waals surface area contributed by atoms with Gasteiger partial charge in [-0.15, -0.1) is 0 Å². The van der Waals surface area contributed by atoms with Crippen molar-refractivity contribution in [1.29, 1.82) is 0 Å². The van der Waals surface area contributed by atoms with Crippen LogP contribution < -0.4 is 5.32 Å². The Hall–Kier alpha value is -0.900. The van der Waals surface area contributed by atoms with E-state index in [1.165, 1.54) is 6.42 Å². The summed E-state index contributed by atoms with van der Waals surface area (Å²) in [6.45, 7) is 4.29. The molecule has 1 saturated heterocycles. The topological polar surface area (TPSA) is 49.4 Å². The highest BCUT2D eigenvalue weighted by Crippen LogP contribution is 2.27. The summed E-state index contributed by atoms with van der Waals surface area (Å²) in [4.78, 5) is 26.3. The van der Waals surface area contributed by atoms with Crippen molar-refractivity contribution in [3.63, 3.8) is 0 Å².